The highest BCUT2D eigenvalue weighted by molar-refractivity contribution is 9.10. The maximum atomic E-state index is 13.3. The molecule has 3 aromatic carbocycles. The molecule has 3 amide bonds. The van der Waals surface area contributed by atoms with Gasteiger partial charge in [-0.1, -0.05) is 75.5 Å². The zero-order chi connectivity index (χ0) is 27.1. The van der Waals surface area contributed by atoms with E-state index in [0.717, 1.165) is 15.6 Å². The van der Waals surface area contributed by atoms with E-state index in [9.17, 15) is 9.59 Å². The van der Waals surface area contributed by atoms with Crippen molar-refractivity contribution in [1.82, 2.24) is 15.1 Å². The molecule has 1 fully saturated rings. The molecule has 3 aromatic rings. The first-order valence-electron chi connectivity index (χ1n) is 12.1. The molecule has 1 saturated heterocycles. The molecule has 1 heterocycles. The fourth-order valence-electron chi connectivity index (χ4n) is 4.16. The first-order chi connectivity index (χ1) is 18.3. The summed E-state index contributed by atoms with van der Waals surface area (Å²) < 4.78 is 12.3. The zero-order valence-corrected chi connectivity index (χ0v) is 23.9. The van der Waals surface area contributed by atoms with Crippen LogP contribution in [0.15, 0.2) is 71.2 Å². The Bertz CT molecular complexity index is 1250. The molecule has 0 spiro atoms. The van der Waals surface area contributed by atoms with Crippen LogP contribution in [0, 0.1) is 0 Å². The Morgan fingerprint density at radius 2 is 1.74 bits per heavy atom. The monoisotopic (exact) mass is 619 g/mol. The number of ether oxygens (including phenoxy) is 2. The third kappa shape index (κ3) is 7.63. The molecular formula is C28H28BrCl2N3O4. The summed E-state index contributed by atoms with van der Waals surface area (Å²) in [6.45, 7) is 2.56. The molecule has 0 radical (unpaired) electrons. The number of carbonyl (C=O) groups is 2. The van der Waals surface area contributed by atoms with Gasteiger partial charge in [-0.3, -0.25) is 4.79 Å². The second kappa shape index (κ2) is 13.3. The van der Waals surface area contributed by atoms with Gasteiger partial charge in [-0.05, 0) is 35.9 Å². The summed E-state index contributed by atoms with van der Waals surface area (Å²) in [5.74, 6) is 0.528. The number of hydrogen-bond donors (Lipinski definition) is 1. The van der Waals surface area contributed by atoms with E-state index in [1.165, 1.54) is 0 Å². The summed E-state index contributed by atoms with van der Waals surface area (Å²) >= 11 is 15.7. The van der Waals surface area contributed by atoms with E-state index in [-0.39, 0.29) is 25.0 Å². The number of rotatable bonds is 8. The Morgan fingerprint density at radius 3 is 2.42 bits per heavy atom. The van der Waals surface area contributed by atoms with Gasteiger partial charge in [0, 0.05) is 46.8 Å². The third-order valence-corrected chi connectivity index (χ3v) is 7.06. The number of morpholine rings is 1. The van der Waals surface area contributed by atoms with Crippen molar-refractivity contribution in [1.29, 1.82) is 0 Å². The number of halogens is 3. The highest BCUT2D eigenvalue weighted by Gasteiger charge is 2.28. The van der Waals surface area contributed by atoms with E-state index < -0.39 is 5.92 Å². The summed E-state index contributed by atoms with van der Waals surface area (Å²) in [5.41, 5.74) is 1.64. The average Bonchev–Trinajstić information content (AvgIpc) is 2.90. The second-order valence-corrected chi connectivity index (χ2v) is 10.7. The summed E-state index contributed by atoms with van der Waals surface area (Å²) in [6, 6.07) is 19.8. The Labute approximate surface area is 240 Å². The van der Waals surface area contributed by atoms with Gasteiger partial charge in [0.2, 0.25) is 5.91 Å². The van der Waals surface area contributed by atoms with Crippen molar-refractivity contribution in [2.75, 3.05) is 39.9 Å². The topological polar surface area (TPSA) is 71.1 Å². The molecule has 0 aromatic heterocycles. The number of amides is 3. The molecular weight excluding hydrogens is 593 g/mol. The van der Waals surface area contributed by atoms with Crippen LogP contribution in [0.4, 0.5) is 4.79 Å². The molecule has 1 atom stereocenters. The van der Waals surface area contributed by atoms with Crippen molar-refractivity contribution < 1.29 is 19.1 Å². The lowest BCUT2D eigenvalue weighted by Crippen LogP contribution is -2.46. The first kappa shape index (κ1) is 28.2. The second-order valence-electron chi connectivity index (χ2n) is 8.90. The molecule has 1 N–H and O–H groups in total. The summed E-state index contributed by atoms with van der Waals surface area (Å²) in [6.07, 6.45) is 0. The Hall–Kier alpha value is -2.78. The van der Waals surface area contributed by atoms with Crippen LogP contribution in [0.3, 0.4) is 0 Å². The van der Waals surface area contributed by atoms with Gasteiger partial charge in [-0.25, -0.2) is 4.79 Å². The van der Waals surface area contributed by atoms with Gasteiger partial charge in [-0.15, -0.1) is 0 Å². The molecule has 1 aliphatic heterocycles. The molecule has 1 unspecified atom stereocenters. The van der Waals surface area contributed by atoms with Gasteiger partial charge >= 0.3 is 6.03 Å². The van der Waals surface area contributed by atoms with Crippen LogP contribution in [-0.4, -0.2) is 61.6 Å². The lowest BCUT2D eigenvalue weighted by Gasteiger charge is -2.31. The number of urea groups is 1. The number of benzene rings is 3. The lowest BCUT2D eigenvalue weighted by molar-refractivity contribution is -0.136. The molecule has 7 nitrogen and oxygen atoms in total. The van der Waals surface area contributed by atoms with Gasteiger partial charge in [0.15, 0.2) is 0 Å². The van der Waals surface area contributed by atoms with Crippen molar-refractivity contribution in [2.45, 2.75) is 12.5 Å². The molecule has 0 saturated carbocycles. The Morgan fingerprint density at radius 1 is 1.05 bits per heavy atom. The maximum absolute atomic E-state index is 13.3. The minimum Gasteiger partial charge on any atom is -0.457 e. The van der Waals surface area contributed by atoms with Crippen LogP contribution < -0.4 is 10.1 Å². The first-order valence-corrected chi connectivity index (χ1v) is 13.7. The van der Waals surface area contributed by atoms with Crippen molar-refractivity contribution in [3.05, 3.63) is 92.4 Å². The number of hydrogen-bond acceptors (Lipinski definition) is 4. The van der Waals surface area contributed by atoms with Crippen molar-refractivity contribution in [2.24, 2.45) is 0 Å². The Kier molecular flexibility index (Phi) is 9.91. The van der Waals surface area contributed by atoms with Gasteiger partial charge in [-0.2, -0.15) is 0 Å². The van der Waals surface area contributed by atoms with E-state index in [4.69, 9.17) is 32.7 Å². The molecule has 10 heteroatoms. The SMILES string of the molecule is CN(Cc1ccc(Br)cc1Oc1cc(Cl)cc(Cl)c1)C(=O)NCC(C(=O)N1CCOCC1)c1ccccc1. The van der Waals surface area contributed by atoms with Gasteiger partial charge < -0.3 is 24.6 Å². The van der Waals surface area contributed by atoms with E-state index in [2.05, 4.69) is 21.2 Å². The van der Waals surface area contributed by atoms with Crippen molar-refractivity contribution in [3.63, 3.8) is 0 Å². The smallest absolute Gasteiger partial charge is 0.317 e. The molecule has 4 rings (SSSR count). The number of nitrogens with zero attached hydrogens (tertiary/aromatic N) is 2. The Balaban J connectivity index is 1.44. The van der Waals surface area contributed by atoms with Crippen LogP contribution in [0.2, 0.25) is 10.0 Å². The lowest BCUT2D eigenvalue weighted by atomic mass is 9.97. The average molecular weight is 621 g/mol. The van der Waals surface area contributed by atoms with Crippen LogP contribution in [0.1, 0.15) is 17.0 Å². The maximum Gasteiger partial charge on any atom is 0.317 e. The summed E-state index contributed by atoms with van der Waals surface area (Å²) in [7, 11) is 1.69. The fourth-order valence-corrected chi connectivity index (χ4v) is 5.00. The molecule has 1 aliphatic rings. The predicted octanol–water partition coefficient (Wildman–Crippen LogP) is 6.33. The molecule has 38 heavy (non-hydrogen) atoms. The zero-order valence-electron chi connectivity index (χ0n) is 20.8. The van der Waals surface area contributed by atoms with Crippen LogP contribution in [-0.2, 0) is 16.1 Å². The van der Waals surface area contributed by atoms with Crippen molar-refractivity contribution in [3.8, 4) is 11.5 Å². The van der Waals surface area contributed by atoms with Crippen LogP contribution >= 0.6 is 39.1 Å². The van der Waals surface area contributed by atoms with Crippen LogP contribution in [0.25, 0.3) is 0 Å². The minimum absolute atomic E-state index is 0.0220. The molecule has 0 bridgehead atoms. The van der Waals surface area contributed by atoms with E-state index in [0.29, 0.717) is 47.8 Å². The van der Waals surface area contributed by atoms with E-state index >= 15 is 0 Å². The highest BCUT2D eigenvalue weighted by Crippen LogP contribution is 2.32. The van der Waals surface area contributed by atoms with E-state index in [1.807, 2.05) is 48.5 Å². The van der Waals surface area contributed by atoms with Gasteiger partial charge in [0.25, 0.3) is 0 Å². The van der Waals surface area contributed by atoms with Gasteiger partial charge in [0.1, 0.15) is 11.5 Å². The highest BCUT2D eigenvalue weighted by atomic mass is 79.9. The van der Waals surface area contributed by atoms with E-state index in [1.54, 1.807) is 35.0 Å². The largest absolute Gasteiger partial charge is 0.457 e. The molecule has 200 valence electrons. The third-order valence-electron chi connectivity index (χ3n) is 6.13. The molecule has 0 aliphatic carbocycles. The fraction of sp³-hybridized carbons (Fsp3) is 0.286. The summed E-state index contributed by atoms with van der Waals surface area (Å²) in [4.78, 5) is 29.8. The summed E-state index contributed by atoms with van der Waals surface area (Å²) in [5, 5.41) is 3.86. The minimum atomic E-state index is -0.495. The van der Waals surface area contributed by atoms with Gasteiger partial charge in [0.05, 0.1) is 25.7 Å². The predicted molar refractivity (Wildman–Crippen MR) is 152 cm³/mol. The number of carbonyl (C=O) groups excluding carboxylic acids is 2. The normalized spacial score (nSPS) is 14.1. The van der Waals surface area contributed by atoms with Crippen LogP contribution in [0.5, 0.6) is 11.5 Å². The number of nitrogens with one attached hydrogen (secondary N) is 1. The standard InChI is InChI=1S/C28H28BrCl2N3O4/c1-33(18-20-7-8-21(29)13-26(20)38-24-15-22(30)14-23(31)16-24)28(36)32-17-25(19-5-3-2-4-6-19)27(35)34-9-11-37-12-10-34/h2-8,13-16,25H,9-12,17-18H2,1H3,(H,32,36). The quantitative estimate of drug-likeness (QED) is 0.319. The van der Waals surface area contributed by atoms with Crippen molar-refractivity contribution >= 4 is 51.1 Å².